The Morgan fingerprint density at radius 2 is 0.917 bits per heavy atom. The van der Waals surface area contributed by atoms with Crippen molar-refractivity contribution in [2.45, 2.75) is 0 Å². The van der Waals surface area contributed by atoms with Crippen LogP contribution in [0.25, 0.3) is 0 Å². The first-order valence-electron chi connectivity index (χ1n) is 10.7. The maximum atomic E-state index is 12.7. The van der Waals surface area contributed by atoms with E-state index in [0.29, 0.717) is 45.7 Å². The first-order valence-corrected chi connectivity index (χ1v) is 10.7. The average Bonchev–Trinajstić information content (AvgIpc) is 2.92. The van der Waals surface area contributed by atoms with Gasteiger partial charge in [-0.1, -0.05) is 0 Å². The molecule has 0 aromatic heterocycles. The molecule has 3 aromatic rings. The molecule has 0 atom stereocenters. The van der Waals surface area contributed by atoms with E-state index in [1.54, 1.807) is 50.6 Å². The van der Waals surface area contributed by atoms with Crippen molar-refractivity contribution in [1.82, 2.24) is 0 Å². The maximum absolute atomic E-state index is 12.7. The van der Waals surface area contributed by atoms with Crippen LogP contribution in [0.1, 0.15) is 20.7 Å². The van der Waals surface area contributed by atoms with Crippen molar-refractivity contribution in [1.29, 1.82) is 0 Å². The first kappa shape index (κ1) is 26.0. The summed E-state index contributed by atoms with van der Waals surface area (Å²) in [4.78, 5) is 25.5. The van der Waals surface area contributed by atoms with E-state index in [1.165, 1.54) is 40.6 Å². The van der Waals surface area contributed by atoms with E-state index in [-0.39, 0.29) is 11.1 Å². The normalized spacial score (nSPS) is 10.2. The fourth-order valence-electron chi connectivity index (χ4n) is 3.46. The SMILES string of the molecule is COC(=O)c1cc(Nc2ccc(OC)cc2OC)c(C(=O)OC)cc1Nc1ccc(OC)cc1OC. The average molecular weight is 497 g/mol. The molecule has 0 spiro atoms. The second kappa shape index (κ2) is 11.7. The van der Waals surface area contributed by atoms with Crippen LogP contribution in [-0.2, 0) is 9.47 Å². The number of carbonyl (C=O) groups excluding carboxylic acids is 2. The number of carbonyl (C=O) groups is 2. The van der Waals surface area contributed by atoms with Gasteiger partial charge in [-0.2, -0.15) is 0 Å². The summed E-state index contributed by atoms with van der Waals surface area (Å²) in [7, 11) is 8.65. The number of rotatable bonds is 10. The lowest BCUT2D eigenvalue weighted by atomic mass is 10.0. The van der Waals surface area contributed by atoms with Gasteiger partial charge in [0.05, 0.1) is 76.5 Å². The second-order valence-corrected chi connectivity index (χ2v) is 7.31. The minimum absolute atomic E-state index is 0.165. The highest BCUT2D eigenvalue weighted by Crippen LogP contribution is 2.37. The number of nitrogens with one attached hydrogen (secondary N) is 2. The molecule has 0 heterocycles. The summed E-state index contributed by atoms with van der Waals surface area (Å²) < 4.78 is 31.4. The lowest BCUT2D eigenvalue weighted by molar-refractivity contribution is 0.0588. The highest BCUT2D eigenvalue weighted by Gasteiger charge is 2.22. The van der Waals surface area contributed by atoms with Crippen molar-refractivity contribution in [2.24, 2.45) is 0 Å². The van der Waals surface area contributed by atoms with Crippen LogP contribution in [0.15, 0.2) is 48.5 Å². The standard InChI is InChI=1S/C26H28N2O8/c1-31-15-7-9-19(23(11-15)33-3)27-21-13-18(26(30)36-6)22(14-17(21)25(29)35-5)28-20-10-8-16(32-2)12-24(20)34-4/h7-14,27-28H,1-6H3. The van der Waals surface area contributed by atoms with Gasteiger partial charge in [0.15, 0.2) is 0 Å². The first-order chi connectivity index (χ1) is 17.4. The van der Waals surface area contributed by atoms with Crippen LogP contribution in [0.4, 0.5) is 22.7 Å². The number of hydrogen-bond donors (Lipinski definition) is 2. The van der Waals surface area contributed by atoms with Crippen molar-refractivity contribution in [3.63, 3.8) is 0 Å². The molecule has 0 amide bonds. The molecule has 0 unspecified atom stereocenters. The van der Waals surface area contributed by atoms with E-state index in [0.717, 1.165) is 0 Å². The molecule has 36 heavy (non-hydrogen) atoms. The largest absolute Gasteiger partial charge is 0.497 e. The van der Waals surface area contributed by atoms with Crippen LogP contribution in [-0.4, -0.2) is 54.6 Å². The van der Waals surface area contributed by atoms with Crippen molar-refractivity contribution in [2.75, 3.05) is 53.3 Å². The summed E-state index contributed by atoms with van der Waals surface area (Å²) in [6, 6.07) is 13.3. The van der Waals surface area contributed by atoms with Crippen molar-refractivity contribution in [3.8, 4) is 23.0 Å². The summed E-state index contributed by atoms with van der Waals surface area (Å²) in [5.41, 5.74) is 2.01. The maximum Gasteiger partial charge on any atom is 0.340 e. The smallest absolute Gasteiger partial charge is 0.340 e. The Bertz CT molecular complexity index is 1160. The van der Waals surface area contributed by atoms with Crippen LogP contribution in [0, 0.1) is 0 Å². The van der Waals surface area contributed by atoms with Gasteiger partial charge in [0, 0.05) is 12.1 Å². The zero-order valence-corrected chi connectivity index (χ0v) is 20.9. The highest BCUT2D eigenvalue weighted by molar-refractivity contribution is 6.04. The fourth-order valence-corrected chi connectivity index (χ4v) is 3.46. The van der Waals surface area contributed by atoms with Crippen LogP contribution in [0.2, 0.25) is 0 Å². The summed E-state index contributed by atoms with van der Waals surface area (Å²) in [5.74, 6) is 0.879. The number of benzene rings is 3. The molecule has 2 N–H and O–H groups in total. The third-order valence-corrected chi connectivity index (χ3v) is 5.32. The number of methoxy groups -OCH3 is 6. The topological polar surface area (TPSA) is 114 Å². The molecule has 0 fully saturated rings. The fraction of sp³-hybridized carbons (Fsp3) is 0.231. The zero-order chi connectivity index (χ0) is 26.2. The van der Waals surface area contributed by atoms with E-state index < -0.39 is 11.9 Å². The Morgan fingerprint density at radius 3 is 1.22 bits per heavy atom. The van der Waals surface area contributed by atoms with Gasteiger partial charge in [-0.25, -0.2) is 9.59 Å². The molecule has 190 valence electrons. The van der Waals surface area contributed by atoms with Crippen molar-refractivity contribution in [3.05, 3.63) is 59.7 Å². The molecular formula is C26H28N2O8. The second-order valence-electron chi connectivity index (χ2n) is 7.31. The summed E-state index contributed by atoms with van der Waals surface area (Å²) in [5, 5.41) is 6.30. The Morgan fingerprint density at radius 1 is 0.528 bits per heavy atom. The molecule has 0 aliphatic heterocycles. The number of esters is 2. The van der Waals surface area contributed by atoms with Crippen LogP contribution < -0.4 is 29.6 Å². The number of anilines is 4. The molecule has 10 heteroatoms. The molecule has 3 rings (SSSR count). The predicted octanol–water partition coefficient (Wildman–Crippen LogP) is 4.78. The van der Waals surface area contributed by atoms with E-state index in [1.807, 2.05) is 0 Å². The van der Waals surface area contributed by atoms with Gasteiger partial charge in [-0.15, -0.1) is 0 Å². The molecule has 0 saturated carbocycles. The molecule has 0 aliphatic rings. The Hall–Kier alpha value is -4.60. The van der Waals surface area contributed by atoms with E-state index in [9.17, 15) is 9.59 Å². The van der Waals surface area contributed by atoms with E-state index in [2.05, 4.69) is 10.6 Å². The van der Waals surface area contributed by atoms with E-state index in [4.69, 9.17) is 28.4 Å². The van der Waals surface area contributed by atoms with Crippen LogP contribution in [0.3, 0.4) is 0 Å². The van der Waals surface area contributed by atoms with Crippen LogP contribution in [0.5, 0.6) is 23.0 Å². The lowest BCUT2D eigenvalue weighted by Gasteiger charge is -2.19. The minimum atomic E-state index is -0.619. The molecule has 0 aliphatic carbocycles. The summed E-state index contributed by atoms with van der Waals surface area (Å²) in [6.45, 7) is 0. The molecule has 3 aromatic carbocycles. The van der Waals surface area contributed by atoms with E-state index >= 15 is 0 Å². The van der Waals surface area contributed by atoms with Gasteiger partial charge >= 0.3 is 11.9 Å². The minimum Gasteiger partial charge on any atom is -0.497 e. The Kier molecular flexibility index (Phi) is 8.45. The third kappa shape index (κ3) is 5.54. The monoisotopic (exact) mass is 496 g/mol. The molecule has 0 radical (unpaired) electrons. The van der Waals surface area contributed by atoms with Gasteiger partial charge in [-0.3, -0.25) is 0 Å². The number of ether oxygens (including phenoxy) is 6. The van der Waals surface area contributed by atoms with Gasteiger partial charge in [0.2, 0.25) is 0 Å². The number of hydrogen-bond acceptors (Lipinski definition) is 10. The molecule has 0 saturated heterocycles. The van der Waals surface area contributed by atoms with Crippen molar-refractivity contribution >= 4 is 34.7 Å². The van der Waals surface area contributed by atoms with Gasteiger partial charge in [0.25, 0.3) is 0 Å². The Balaban J connectivity index is 2.15. The Labute approximate surface area is 209 Å². The van der Waals surface area contributed by atoms with Gasteiger partial charge in [-0.05, 0) is 36.4 Å². The van der Waals surface area contributed by atoms with Crippen LogP contribution >= 0.6 is 0 Å². The zero-order valence-electron chi connectivity index (χ0n) is 20.9. The predicted molar refractivity (Wildman–Crippen MR) is 135 cm³/mol. The summed E-state index contributed by atoms with van der Waals surface area (Å²) in [6.07, 6.45) is 0. The summed E-state index contributed by atoms with van der Waals surface area (Å²) >= 11 is 0. The molecule has 0 bridgehead atoms. The third-order valence-electron chi connectivity index (χ3n) is 5.32. The quantitative estimate of drug-likeness (QED) is 0.380. The lowest BCUT2D eigenvalue weighted by Crippen LogP contribution is -2.12. The molecular weight excluding hydrogens is 468 g/mol. The van der Waals surface area contributed by atoms with Crippen molar-refractivity contribution < 1.29 is 38.0 Å². The molecule has 10 nitrogen and oxygen atoms in total. The van der Waals surface area contributed by atoms with Gasteiger partial charge in [0.1, 0.15) is 23.0 Å². The van der Waals surface area contributed by atoms with Gasteiger partial charge < -0.3 is 39.1 Å². The highest BCUT2D eigenvalue weighted by atomic mass is 16.5.